The van der Waals surface area contributed by atoms with E-state index < -0.39 is 23.7 Å². The number of halogens is 5. The Labute approximate surface area is 163 Å². The van der Waals surface area contributed by atoms with Crippen LogP contribution < -0.4 is 4.74 Å². The molecule has 2 aliphatic rings. The first kappa shape index (κ1) is 21.4. The standard InChI is InChI=1S/C22H29F5O/c1-2-3-14-6-8-18-11-15(7-9-17(18)10-14)4-5-16-12-19(23)21(20(24)13-16)28-22(25,26)27/h12-15,17-18H,2-11H2,1H3/t14?,15-,17-,18-/m1/s1. The van der Waals surface area contributed by atoms with E-state index in [4.69, 9.17) is 0 Å². The van der Waals surface area contributed by atoms with Gasteiger partial charge in [0.25, 0.3) is 0 Å². The number of ether oxygens (including phenoxy) is 1. The summed E-state index contributed by atoms with van der Waals surface area (Å²) < 4.78 is 67.9. The van der Waals surface area contributed by atoms with Crippen molar-refractivity contribution in [2.45, 2.75) is 77.5 Å². The van der Waals surface area contributed by atoms with E-state index in [1.54, 1.807) is 0 Å². The Morgan fingerprint density at radius 2 is 1.43 bits per heavy atom. The van der Waals surface area contributed by atoms with E-state index in [0.717, 1.165) is 42.7 Å². The van der Waals surface area contributed by atoms with Crippen LogP contribution in [0.2, 0.25) is 0 Å². The van der Waals surface area contributed by atoms with E-state index in [0.29, 0.717) is 17.9 Å². The van der Waals surface area contributed by atoms with Crippen molar-refractivity contribution in [3.63, 3.8) is 0 Å². The van der Waals surface area contributed by atoms with Crippen molar-refractivity contribution in [1.29, 1.82) is 0 Å². The van der Waals surface area contributed by atoms with Crippen LogP contribution in [0.5, 0.6) is 5.75 Å². The van der Waals surface area contributed by atoms with Crippen LogP contribution in [0.4, 0.5) is 22.0 Å². The van der Waals surface area contributed by atoms with Crippen molar-refractivity contribution in [3.8, 4) is 5.75 Å². The Hall–Kier alpha value is -1.33. The Bertz CT molecular complexity index is 634. The number of rotatable bonds is 6. The predicted octanol–water partition coefficient (Wildman–Crippen LogP) is 7.43. The van der Waals surface area contributed by atoms with Crippen LogP contribution in [-0.2, 0) is 6.42 Å². The van der Waals surface area contributed by atoms with Crippen molar-refractivity contribution in [3.05, 3.63) is 29.3 Å². The first-order valence-electron chi connectivity index (χ1n) is 10.5. The van der Waals surface area contributed by atoms with E-state index in [1.165, 1.54) is 44.9 Å². The van der Waals surface area contributed by atoms with Gasteiger partial charge in [-0.05, 0) is 79.9 Å². The molecule has 0 bridgehead atoms. The van der Waals surface area contributed by atoms with Gasteiger partial charge in [-0.15, -0.1) is 13.2 Å². The summed E-state index contributed by atoms with van der Waals surface area (Å²) >= 11 is 0. The number of hydrogen-bond donors (Lipinski definition) is 0. The molecule has 0 radical (unpaired) electrons. The molecule has 1 aromatic rings. The van der Waals surface area contributed by atoms with Crippen molar-refractivity contribution in [2.75, 3.05) is 0 Å². The van der Waals surface area contributed by atoms with Crippen LogP contribution in [0.1, 0.15) is 70.3 Å². The second kappa shape index (κ2) is 9.00. The van der Waals surface area contributed by atoms with E-state index >= 15 is 0 Å². The molecule has 0 aliphatic heterocycles. The molecule has 158 valence electrons. The van der Waals surface area contributed by atoms with Gasteiger partial charge >= 0.3 is 6.36 Å². The largest absolute Gasteiger partial charge is 0.573 e. The topological polar surface area (TPSA) is 9.23 Å². The predicted molar refractivity (Wildman–Crippen MR) is 97.9 cm³/mol. The summed E-state index contributed by atoms with van der Waals surface area (Å²) in [5.74, 6) is -0.971. The van der Waals surface area contributed by atoms with Gasteiger partial charge in [-0.1, -0.05) is 32.6 Å². The lowest BCUT2D eigenvalue weighted by molar-refractivity contribution is -0.276. The van der Waals surface area contributed by atoms with Crippen LogP contribution in [0.25, 0.3) is 0 Å². The van der Waals surface area contributed by atoms with Gasteiger partial charge in [0, 0.05) is 0 Å². The molecule has 0 amide bonds. The Morgan fingerprint density at radius 1 is 0.893 bits per heavy atom. The summed E-state index contributed by atoms with van der Waals surface area (Å²) in [6, 6.07) is 1.93. The molecule has 2 saturated carbocycles. The summed E-state index contributed by atoms with van der Waals surface area (Å²) in [5.41, 5.74) is 0.387. The van der Waals surface area contributed by atoms with Crippen molar-refractivity contribution in [2.24, 2.45) is 23.7 Å². The quantitative estimate of drug-likeness (QED) is 0.448. The number of alkyl halides is 3. The zero-order chi connectivity index (χ0) is 20.3. The average Bonchev–Trinajstić information content (AvgIpc) is 2.62. The molecule has 0 aromatic heterocycles. The molecule has 1 nitrogen and oxygen atoms in total. The van der Waals surface area contributed by atoms with E-state index in [9.17, 15) is 22.0 Å². The van der Waals surface area contributed by atoms with E-state index in [1.807, 2.05) is 0 Å². The molecule has 28 heavy (non-hydrogen) atoms. The first-order chi connectivity index (χ1) is 13.2. The monoisotopic (exact) mass is 404 g/mol. The lowest BCUT2D eigenvalue weighted by Gasteiger charge is -2.42. The Balaban J connectivity index is 1.53. The van der Waals surface area contributed by atoms with Crippen LogP contribution in [0.3, 0.4) is 0 Å². The normalized spacial score (nSPS) is 28.1. The summed E-state index contributed by atoms with van der Waals surface area (Å²) in [6.45, 7) is 2.25. The molecule has 0 heterocycles. The maximum absolute atomic E-state index is 13.9. The highest BCUT2D eigenvalue weighted by Crippen LogP contribution is 2.46. The first-order valence-corrected chi connectivity index (χ1v) is 10.5. The Kier molecular flexibility index (Phi) is 6.87. The fraction of sp³-hybridized carbons (Fsp3) is 0.727. The van der Waals surface area contributed by atoms with E-state index in [-0.39, 0.29) is 0 Å². The zero-order valence-corrected chi connectivity index (χ0v) is 16.3. The van der Waals surface area contributed by atoms with Gasteiger partial charge in [0.05, 0.1) is 0 Å². The van der Waals surface area contributed by atoms with E-state index in [2.05, 4.69) is 11.7 Å². The summed E-state index contributed by atoms with van der Waals surface area (Å²) in [5, 5.41) is 0. The number of hydrogen-bond acceptors (Lipinski definition) is 1. The minimum absolute atomic E-state index is 0.387. The van der Waals surface area contributed by atoms with Crippen LogP contribution >= 0.6 is 0 Å². The van der Waals surface area contributed by atoms with Crippen LogP contribution in [-0.4, -0.2) is 6.36 Å². The minimum atomic E-state index is -5.11. The van der Waals surface area contributed by atoms with Gasteiger partial charge < -0.3 is 4.74 Å². The van der Waals surface area contributed by atoms with Crippen molar-refractivity contribution < 1.29 is 26.7 Å². The molecular weight excluding hydrogens is 375 g/mol. The third-order valence-corrected chi connectivity index (χ3v) is 6.64. The number of fused-ring (bicyclic) bond motifs is 1. The second-order valence-corrected chi connectivity index (χ2v) is 8.64. The molecule has 3 rings (SSSR count). The zero-order valence-electron chi connectivity index (χ0n) is 16.3. The molecule has 1 aromatic carbocycles. The fourth-order valence-corrected chi connectivity index (χ4v) is 5.36. The SMILES string of the molecule is CCCC1CC[C@@H]2C[C@H](CCc3cc(F)c(OC(F)(F)F)c(F)c3)CC[C@@H]2C1. The fourth-order valence-electron chi connectivity index (χ4n) is 5.36. The van der Waals surface area contributed by atoms with Crippen molar-refractivity contribution in [1.82, 2.24) is 0 Å². The van der Waals surface area contributed by atoms with Gasteiger partial charge in [-0.3, -0.25) is 0 Å². The maximum atomic E-state index is 13.9. The van der Waals surface area contributed by atoms with Crippen molar-refractivity contribution >= 4 is 0 Å². The molecule has 4 atom stereocenters. The van der Waals surface area contributed by atoms with Crippen LogP contribution in [0, 0.1) is 35.3 Å². The highest BCUT2D eigenvalue weighted by atomic mass is 19.4. The summed E-state index contributed by atoms with van der Waals surface area (Å²) in [6.07, 6.45) is 6.27. The van der Waals surface area contributed by atoms with Gasteiger partial charge in [0.2, 0.25) is 5.75 Å². The third-order valence-electron chi connectivity index (χ3n) is 6.64. The second-order valence-electron chi connectivity index (χ2n) is 8.64. The molecule has 6 heteroatoms. The van der Waals surface area contributed by atoms with Gasteiger partial charge in [-0.2, -0.15) is 0 Å². The van der Waals surface area contributed by atoms with Crippen LogP contribution in [0.15, 0.2) is 12.1 Å². The average molecular weight is 404 g/mol. The molecule has 1 unspecified atom stereocenters. The number of benzene rings is 1. The molecule has 2 fully saturated rings. The summed E-state index contributed by atoms with van der Waals surface area (Å²) in [4.78, 5) is 0. The highest BCUT2D eigenvalue weighted by Gasteiger charge is 2.36. The minimum Gasteiger partial charge on any atom is -0.399 e. The summed E-state index contributed by atoms with van der Waals surface area (Å²) in [7, 11) is 0. The highest BCUT2D eigenvalue weighted by molar-refractivity contribution is 5.31. The van der Waals surface area contributed by atoms with Gasteiger partial charge in [-0.25, -0.2) is 8.78 Å². The Morgan fingerprint density at radius 3 is 1.93 bits per heavy atom. The molecule has 0 saturated heterocycles. The van der Waals surface area contributed by atoms with Gasteiger partial charge in [0.15, 0.2) is 11.6 Å². The molecule has 0 N–H and O–H groups in total. The smallest absolute Gasteiger partial charge is 0.399 e. The maximum Gasteiger partial charge on any atom is 0.573 e. The van der Waals surface area contributed by atoms with Gasteiger partial charge in [0.1, 0.15) is 0 Å². The lowest BCUT2D eigenvalue weighted by Crippen LogP contribution is -2.31. The number of aryl methyl sites for hydroxylation is 1. The molecule has 2 aliphatic carbocycles. The molecular formula is C22H29F5O. The lowest BCUT2D eigenvalue weighted by atomic mass is 9.63. The molecule has 0 spiro atoms. The third kappa shape index (κ3) is 5.60.